The highest BCUT2D eigenvalue weighted by atomic mass is 16.4. The van der Waals surface area contributed by atoms with Gasteiger partial charge in [0.1, 0.15) is 0 Å². The molecule has 3 N–H and O–H groups in total. The van der Waals surface area contributed by atoms with Crippen LogP contribution in [0.15, 0.2) is 35.5 Å². The lowest BCUT2D eigenvalue weighted by molar-refractivity contribution is -0.146. The summed E-state index contributed by atoms with van der Waals surface area (Å²) in [5, 5.41) is 32.8. The van der Waals surface area contributed by atoms with Gasteiger partial charge in [0.15, 0.2) is 0 Å². The first-order valence-corrected chi connectivity index (χ1v) is 13.8. The molecule has 4 aliphatic rings. The monoisotopic (exact) mass is 484 g/mol. The third-order valence-electron chi connectivity index (χ3n) is 11.8. The van der Waals surface area contributed by atoms with Crippen molar-refractivity contribution in [2.75, 3.05) is 0 Å². The smallest absolute Gasteiger partial charge is 0.306 e. The van der Waals surface area contributed by atoms with E-state index in [1.165, 1.54) is 11.1 Å². The minimum atomic E-state index is -0.744. The molecule has 0 spiro atoms. The van der Waals surface area contributed by atoms with Gasteiger partial charge < -0.3 is 15.3 Å². The van der Waals surface area contributed by atoms with E-state index in [-0.39, 0.29) is 28.3 Å². The Morgan fingerprint density at radius 1 is 1.09 bits per heavy atom. The average molecular weight is 485 g/mol. The number of hydrogen-bond acceptors (Lipinski definition) is 3. The van der Waals surface area contributed by atoms with Gasteiger partial charge in [-0.2, -0.15) is 0 Å². The van der Waals surface area contributed by atoms with Crippen molar-refractivity contribution in [2.45, 2.75) is 106 Å². The first-order valence-electron chi connectivity index (χ1n) is 13.8. The van der Waals surface area contributed by atoms with Crippen LogP contribution in [0.25, 0.3) is 0 Å². The van der Waals surface area contributed by atoms with Crippen molar-refractivity contribution >= 4 is 5.97 Å². The number of aliphatic hydroxyl groups is 2. The number of carbonyl (C=O) groups is 1. The minimum absolute atomic E-state index is 0.0316. The zero-order valence-corrected chi connectivity index (χ0v) is 23.0. The van der Waals surface area contributed by atoms with Crippen LogP contribution in [0, 0.1) is 45.3 Å². The topological polar surface area (TPSA) is 77.8 Å². The molecule has 35 heavy (non-hydrogen) atoms. The summed E-state index contributed by atoms with van der Waals surface area (Å²) in [6.07, 6.45) is 9.14. The van der Waals surface area contributed by atoms with E-state index in [0.29, 0.717) is 24.7 Å². The second kappa shape index (κ2) is 8.58. The van der Waals surface area contributed by atoms with Gasteiger partial charge in [-0.15, -0.1) is 0 Å². The summed E-state index contributed by atoms with van der Waals surface area (Å²) >= 11 is 0. The summed E-state index contributed by atoms with van der Waals surface area (Å²) in [5.74, 6) is -0.623. The lowest BCUT2D eigenvalue weighted by Crippen LogP contribution is -2.55. The molecule has 0 amide bonds. The molecule has 2 saturated carbocycles. The van der Waals surface area contributed by atoms with Crippen LogP contribution in [-0.4, -0.2) is 33.5 Å². The van der Waals surface area contributed by atoms with E-state index in [1.807, 2.05) is 0 Å². The Balaban J connectivity index is 1.73. The molecule has 0 saturated heterocycles. The SMILES string of the molecule is C=C(CC[C@H](C(=O)O)[C@H]1C[C@H](O)[C@@]2(C)C3=CC[C@H]4C(C)(C)[C@@H](O)CC[C@]4(C)C3=CC[C@]12C)C(C)C. The first kappa shape index (κ1) is 26.7. The number of carboxylic acids is 1. The van der Waals surface area contributed by atoms with Gasteiger partial charge in [0.2, 0.25) is 0 Å². The number of rotatable bonds is 6. The second-order valence-electron chi connectivity index (χ2n) is 13.8. The fourth-order valence-electron chi connectivity index (χ4n) is 8.81. The Kier molecular flexibility index (Phi) is 6.54. The molecular formula is C31H48O4. The third kappa shape index (κ3) is 3.64. The molecule has 0 heterocycles. The number of hydrogen-bond donors (Lipinski definition) is 3. The summed E-state index contributed by atoms with van der Waals surface area (Å²) in [4.78, 5) is 12.6. The van der Waals surface area contributed by atoms with E-state index in [4.69, 9.17) is 0 Å². The average Bonchev–Trinajstić information content (AvgIpc) is 2.98. The van der Waals surface area contributed by atoms with Gasteiger partial charge in [0.05, 0.1) is 18.1 Å². The van der Waals surface area contributed by atoms with Crippen molar-refractivity contribution < 1.29 is 20.1 Å². The molecule has 4 aliphatic carbocycles. The van der Waals surface area contributed by atoms with Gasteiger partial charge in [-0.25, -0.2) is 0 Å². The van der Waals surface area contributed by atoms with Crippen molar-refractivity contribution in [3.8, 4) is 0 Å². The molecular weight excluding hydrogens is 436 g/mol. The lowest BCUT2D eigenvalue weighted by atomic mass is 9.44. The van der Waals surface area contributed by atoms with Crippen molar-refractivity contribution in [1.29, 1.82) is 0 Å². The molecule has 4 rings (SSSR count). The molecule has 4 nitrogen and oxygen atoms in total. The fraction of sp³-hybridized carbons (Fsp3) is 0.774. The Morgan fingerprint density at radius 3 is 2.34 bits per heavy atom. The van der Waals surface area contributed by atoms with Crippen LogP contribution in [0.2, 0.25) is 0 Å². The summed E-state index contributed by atoms with van der Waals surface area (Å²) in [6.45, 7) is 19.6. The first-order chi connectivity index (χ1) is 16.1. The highest BCUT2D eigenvalue weighted by Gasteiger charge is 2.67. The maximum atomic E-state index is 12.6. The Hall–Kier alpha value is -1.39. The predicted molar refractivity (Wildman–Crippen MR) is 141 cm³/mol. The van der Waals surface area contributed by atoms with Gasteiger partial charge in [0.25, 0.3) is 0 Å². The predicted octanol–water partition coefficient (Wildman–Crippen LogP) is 6.54. The van der Waals surface area contributed by atoms with E-state index in [2.05, 4.69) is 67.2 Å². The highest BCUT2D eigenvalue weighted by molar-refractivity contribution is 5.71. The van der Waals surface area contributed by atoms with E-state index in [9.17, 15) is 20.1 Å². The fourth-order valence-corrected chi connectivity index (χ4v) is 8.81. The summed E-state index contributed by atoms with van der Waals surface area (Å²) < 4.78 is 0. The van der Waals surface area contributed by atoms with Crippen LogP contribution in [0.5, 0.6) is 0 Å². The van der Waals surface area contributed by atoms with Gasteiger partial charge in [-0.05, 0) is 90.1 Å². The van der Waals surface area contributed by atoms with Gasteiger partial charge in [0, 0.05) is 5.41 Å². The molecule has 0 bridgehead atoms. The largest absolute Gasteiger partial charge is 0.481 e. The number of allylic oxidation sites excluding steroid dienone is 4. The lowest BCUT2D eigenvalue weighted by Gasteiger charge is -2.61. The Labute approximate surface area is 212 Å². The molecule has 0 radical (unpaired) electrons. The standard InChI is InChI=1S/C31H48O4/c1-18(2)19(3)9-10-20(27(34)35)23-17-26(33)31(8)22-11-12-24-28(4,5)25(32)14-15-29(24,6)21(22)13-16-30(23,31)7/h11,13,18,20,23-26,32-33H,3,9-10,12,14-17H2,1-2,4-8H3,(H,34,35)/t20-,23+,24-,25-,26-,29+,30+,31+/m0/s1. The van der Waals surface area contributed by atoms with Crippen molar-refractivity contribution in [3.63, 3.8) is 0 Å². The number of fused-ring (bicyclic) bond motifs is 5. The van der Waals surface area contributed by atoms with Crippen LogP contribution in [0.3, 0.4) is 0 Å². The minimum Gasteiger partial charge on any atom is -0.481 e. The summed E-state index contributed by atoms with van der Waals surface area (Å²) in [7, 11) is 0. The number of aliphatic hydroxyl groups excluding tert-OH is 2. The third-order valence-corrected chi connectivity index (χ3v) is 11.8. The van der Waals surface area contributed by atoms with E-state index >= 15 is 0 Å². The quantitative estimate of drug-likeness (QED) is 0.374. The molecule has 2 fully saturated rings. The van der Waals surface area contributed by atoms with Gasteiger partial charge in [-0.1, -0.05) is 72.8 Å². The van der Waals surface area contributed by atoms with Crippen LogP contribution >= 0.6 is 0 Å². The van der Waals surface area contributed by atoms with Gasteiger partial charge >= 0.3 is 5.97 Å². The normalized spacial score (nSPS) is 42.9. The van der Waals surface area contributed by atoms with Gasteiger partial charge in [-0.3, -0.25) is 4.79 Å². The molecule has 8 atom stereocenters. The molecule has 0 aromatic rings. The molecule has 0 aromatic heterocycles. The van der Waals surface area contributed by atoms with E-state index < -0.39 is 23.4 Å². The van der Waals surface area contributed by atoms with Crippen LogP contribution in [-0.2, 0) is 4.79 Å². The number of aliphatic carboxylic acids is 1. The van der Waals surface area contributed by atoms with Crippen molar-refractivity contribution in [3.05, 3.63) is 35.5 Å². The zero-order valence-electron chi connectivity index (χ0n) is 23.0. The maximum absolute atomic E-state index is 12.6. The van der Waals surface area contributed by atoms with Crippen molar-refractivity contribution in [2.24, 2.45) is 45.3 Å². The van der Waals surface area contributed by atoms with Crippen LogP contribution < -0.4 is 0 Å². The van der Waals surface area contributed by atoms with Crippen LogP contribution in [0.4, 0.5) is 0 Å². The summed E-state index contributed by atoms with van der Waals surface area (Å²) in [6, 6.07) is 0. The van der Waals surface area contributed by atoms with E-state index in [0.717, 1.165) is 37.7 Å². The zero-order chi connectivity index (χ0) is 26.1. The van der Waals surface area contributed by atoms with Crippen LogP contribution in [0.1, 0.15) is 93.4 Å². The second-order valence-corrected chi connectivity index (χ2v) is 13.8. The molecule has 0 aromatic carbocycles. The molecule has 4 heteroatoms. The maximum Gasteiger partial charge on any atom is 0.306 e. The molecule has 0 unspecified atom stereocenters. The molecule has 0 aliphatic heterocycles. The number of carboxylic acid groups (broad SMARTS) is 1. The molecule has 196 valence electrons. The Morgan fingerprint density at radius 2 is 1.74 bits per heavy atom. The summed E-state index contributed by atoms with van der Waals surface area (Å²) in [5.41, 5.74) is 2.72. The van der Waals surface area contributed by atoms with E-state index in [1.54, 1.807) is 0 Å². The highest BCUT2D eigenvalue weighted by Crippen LogP contribution is 2.71. The van der Waals surface area contributed by atoms with Crippen molar-refractivity contribution in [1.82, 2.24) is 0 Å². The Bertz CT molecular complexity index is 957.